The van der Waals surface area contributed by atoms with E-state index < -0.39 is 0 Å². The molecule has 8 heteroatoms. The van der Waals surface area contributed by atoms with Gasteiger partial charge in [-0.15, -0.1) is 24.8 Å². The molecule has 1 amide bonds. The molecule has 1 aromatic rings. The number of halogens is 2. The molecule has 1 aliphatic heterocycles. The lowest BCUT2D eigenvalue weighted by molar-refractivity contribution is -0.117. The summed E-state index contributed by atoms with van der Waals surface area (Å²) < 4.78 is 1.91. The molecular formula is C15H29Cl2N5O. The van der Waals surface area contributed by atoms with E-state index in [2.05, 4.69) is 15.3 Å². The van der Waals surface area contributed by atoms with E-state index in [1.165, 1.54) is 0 Å². The Kier molecular flexibility index (Phi) is 9.77. The normalized spacial score (nSPS) is 18.5. The van der Waals surface area contributed by atoms with Crippen molar-refractivity contribution in [3.63, 3.8) is 0 Å². The van der Waals surface area contributed by atoms with Crippen LogP contribution in [0.15, 0.2) is 0 Å². The van der Waals surface area contributed by atoms with Crippen molar-refractivity contribution in [1.29, 1.82) is 0 Å². The highest BCUT2D eigenvalue weighted by atomic mass is 35.5. The number of carbonyl (C=O) groups excluding carboxylic acids is 1. The highest BCUT2D eigenvalue weighted by molar-refractivity contribution is 5.93. The van der Waals surface area contributed by atoms with Gasteiger partial charge in [0.2, 0.25) is 5.91 Å². The molecule has 1 unspecified atom stereocenters. The summed E-state index contributed by atoms with van der Waals surface area (Å²) in [7, 11) is 0. The molecule has 1 aromatic heterocycles. The summed E-state index contributed by atoms with van der Waals surface area (Å²) in [6.07, 6.45) is 3.10. The predicted molar refractivity (Wildman–Crippen MR) is 98.8 cm³/mol. The number of anilines is 1. The first-order chi connectivity index (χ1) is 10.0. The molecule has 0 aliphatic carbocycles. The molecule has 1 atom stereocenters. The molecule has 0 saturated carbocycles. The van der Waals surface area contributed by atoms with Gasteiger partial charge in [0.1, 0.15) is 0 Å². The highest BCUT2D eigenvalue weighted by Crippen LogP contribution is 2.19. The number of nitrogens with zero attached hydrogens (tertiary/aromatic N) is 3. The van der Waals surface area contributed by atoms with E-state index in [1.54, 1.807) is 0 Å². The zero-order valence-electron chi connectivity index (χ0n) is 14.2. The SMILES string of the molecule is CCn1nc(C)c(NC(=O)CN2CCCC(N)CC2)c1C.Cl.Cl. The minimum atomic E-state index is 0. The molecular weight excluding hydrogens is 337 g/mol. The van der Waals surface area contributed by atoms with Crippen LogP contribution in [0.5, 0.6) is 0 Å². The lowest BCUT2D eigenvalue weighted by Gasteiger charge is -2.19. The molecule has 0 aromatic carbocycles. The van der Waals surface area contributed by atoms with Crippen molar-refractivity contribution in [3.8, 4) is 0 Å². The summed E-state index contributed by atoms with van der Waals surface area (Å²) in [6.45, 7) is 9.07. The van der Waals surface area contributed by atoms with Gasteiger partial charge in [-0.05, 0) is 46.6 Å². The fourth-order valence-electron chi connectivity index (χ4n) is 2.91. The van der Waals surface area contributed by atoms with Gasteiger partial charge in [0, 0.05) is 19.1 Å². The van der Waals surface area contributed by atoms with E-state index in [-0.39, 0.29) is 36.8 Å². The van der Waals surface area contributed by atoms with E-state index in [4.69, 9.17) is 5.73 Å². The van der Waals surface area contributed by atoms with Crippen molar-refractivity contribution in [2.75, 3.05) is 25.0 Å². The van der Waals surface area contributed by atoms with Crippen molar-refractivity contribution in [1.82, 2.24) is 14.7 Å². The number of hydrogen-bond acceptors (Lipinski definition) is 4. The number of nitrogens with two attached hydrogens (primary N) is 1. The summed E-state index contributed by atoms with van der Waals surface area (Å²) in [5, 5.41) is 7.44. The van der Waals surface area contributed by atoms with Crippen molar-refractivity contribution >= 4 is 36.4 Å². The smallest absolute Gasteiger partial charge is 0.238 e. The minimum absolute atomic E-state index is 0. The number of rotatable bonds is 4. The molecule has 3 N–H and O–H groups in total. The van der Waals surface area contributed by atoms with Gasteiger partial charge in [-0.3, -0.25) is 14.4 Å². The monoisotopic (exact) mass is 365 g/mol. The first kappa shape index (κ1) is 22.2. The molecule has 6 nitrogen and oxygen atoms in total. The number of carbonyl (C=O) groups is 1. The van der Waals surface area contributed by atoms with Gasteiger partial charge in [-0.25, -0.2) is 0 Å². The third-order valence-electron chi connectivity index (χ3n) is 4.18. The Balaban J connectivity index is 0.00000242. The van der Waals surface area contributed by atoms with Crippen LogP contribution >= 0.6 is 24.8 Å². The van der Waals surface area contributed by atoms with Gasteiger partial charge >= 0.3 is 0 Å². The second-order valence-electron chi connectivity index (χ2n) is 5.88. The van der Waals surface area contributed by atoms with Crippen LogP contribution in [0.1, 0.15) is 37.6 Å². The zero-order valence-corrected chi connectivity index (χ0v) is 15.8. The third-order valence-corrected chi connectivity index (χ3v) is 4.18. The molecule has 0 bridgehead atoms. The van der Waals surface area contributed by atoms with E-state index in [9.17, 15) is 4.79 Å². The Bertz CT molecular complexity index is 506. The Morgan fingerprint density at radius 2 is 2.00 bits per heavy atom. The largest absolute Gasteiger partial charge is 0.328 e. The number of hydrogen-bond donors (Lipinski definition) is 2. The molecule has 23 heavy (non-hydrogen) atoms. The maximum atomic E-state index is 12.3. The first-order valence-electron chi connectivity index (χ1n) is 7.83. The minimum Gasteiger partial charge on any atom is -0.328 e. The topological polar surface area (TPSA) is 76.2 Å². The van der Waals surface area contributed by atoms with Crippen LogP contribution in [0.2, 0.25) is 0 Å². The summed E-state index contributed by atoms with van der Waals surface area (Å²) in [5.41, 5.74) is 8.72. The number of likely N-dealkylation sites (tertiary alicyclic amines) is 1. The molecule has 1 aliphatic rings. The molecule has 0 spiro atoms. The zero-order chi connectivity index (χ0) is 15.4. The molecule has 2 rings (SSSR count). The maximum Gasteiger partial charge on any atom is 0.238 e. The second kappa shape index (κ2) is 10.1. The van der Waals surface area contributed by atoms with Crippen LogP contribution in [0.4, 0.5) is 5.69 Å². The van der Waals surface area contributed by atoms with Crippen LogP contribution in [0, 0.1) is 13.8 Å². The standard InChI is InChI=1S/C15H27N5O.2ClH/c1-4-20-12(3)15(11(2)18-20)17-14(21)10-19-8-5-6-13(16)7-9-19;;/h13H,4-10,16H2,1-3H3,(H,17,21);2*1H. The fraction of sp³-hybridized carbons (Fsp3) is 0.733. The molecule has 0 radical (unpaired) electrons. The van der Waals surface area contributed by atoms with Crippen LogP contribution in [-0.4, -0.2) is 46.3 Å². The van der Waals surface area contributed by atoms with Gasteiger partial charge in [-0.1, -0.05) is 0 Å². The third kappa shape index (κ3) is 5.95. The van der Waals surface area contributed by atoms with E-state index in [1.807, 2.05) is 25.5 Å². The maximum absolute atomic E-state index is 12.3. The predicted octanol–water partition coefficient (Wildman–Crippen LogP) is 2.12. The van der Waals surface area contributed by atoms with Crippen molar-refractivity contribution in [2.45, 2.75) is 52.6 Å². The Morgan fingerprint density at radius 3 is 2.61 bits per heavy atom. The van der Waals surface area contributed by atoms with E-state index in [0.29, 0.717) is 6.54 Å². The lowest BCUT2D eigenvalue weighted by atomic mass is 10.1. The van der Waals surface area contributed by atoms with Crippen molar-refractivity contribution in [3.05, 3.63) is 11.4 Å². The van der Waals surface area contributed by atoms with Gasteiger partial charge in [-0.2, -0.15) is 5.10 Å². The number of aromatic nitrogens is 2. The fourth-order valence-corrected chi connectivity index (χ4v) is 2.91. The van der Waals surface area contributed by atoms with E-state index >= 15 is 0 Å². The molecule has 1 saturated heterocycles. The number of aryl methyl sites for hydroxylation is 2. The molecule has 1 fully saturated rings. The Labute approximate surface area is 151 Å². The summed E-state index contributed by atoms with van der Waals surface area (Å²) in [6, 6.07) is 0.283. The first-order valence-corrected chi connectivity index (χ1v) is 7.83. The van der Waals surface area contributed by atoms with Gasteiger partial charge in [0.25, 0.3) is 0 Å². The van der Waals surface area contributed by atoms with Crippen molar-refractivity contribution in [2.24, 2.45) is 5.73 Å². The summed E-state index contributed by atoms with van der Waals surface area (Å²) in [5.74, 6) is 0.0346. The molecule has 2 heterocycles. The lowest BCUT2D eigenvalue weighted by Crippen LogP contribution is -2.34. The average molecular weight is 366 g/mol. The van der Waals surface area contributed by atoms with Crippen LogP contribution in [-0.2, 0) is 11.3 Å². The van der Waals surface area contributed by atoms with E-state index in [0.717, 1.165) is 56.0 Å². The average Bonchev–Trinajstić information content (AvgIpc) is 2.61. The van der Waals surface area contributed by atoms with Crippen LogP contribution in [0.25, 0.3) is 0 Å². The second-order valence-corrected chi connectivity index (χ2v) is 5.88. The summed E-state index contributed by atoms with van der Waals surface area (Å²) in [4.78, 5) is 14.4. The number of nitrogens with one attached hydrogen (secondary N) is 1. The number of amides is 1. The van der Waals surface area contributed by atoms with Gasteiger partial charge in [0.05, 0.1) is 23.6 Å². The quantitative estimate of drug-likeness (QED) is 0.856. The van der Waals surface area contributed by atoms with Gasteiger partial charge < -0.3 is 11.1 Å². The van der Waals surface area contributed by atoms with Gasteiger partial charge in [0.15, 0.2) is 0 Å². The Hall–Kier alpha value is -0.820. The highest BCUT2D eigenvalue weighted by Gasteiger charge is 2.18. The van der Waals surface area contributed by atoms with Crippen LogP contribution < -0.4 is 11.1 Å². The van der Waals surface area contributed by atoms with Crippen LogP contribution in [0.3, 0.4) is 0 Å². The van der Waals surface area contributed by atoms with Crippen molar-refractivity contribution < 1.29 is 4.79 Å². The Morgan fingerprint density at radius 1 is 1.30 bits per heavy atom. The molecule has 134 valence electrons. The summed E-state index contributed by atoms with van der Waals surface area (Å²) >= 11 is 0.